The van der Waals surface area contributed by atoms with Crippen molar-refractivity contribution in [2.45, 2.75) is 19.4 Å². The van der Waals surface area contributed by atoms with Crippen molar-refractivity contribution < 1.29 is 19.4 Å². The second-order valence-corrected chi connectivity index (χ2v) is 7.93. The number of hydrogen-bond acceptors (Lipinski definition) is 4. The fourth-order valence-electron chi connectivity index (χ4n) is 3.76. The summed E-state index contributed by atoms with van der Waals surface area (Å²) in [6.07, 6.45) is 5.09. The molecule has 0 aliphatic rings. The molecule has 0 atom stereocenters. The first-order valence-electron chi connectivity index (χ1n) is 11.1. The summed E-state index contributed by atoms with van der Waals surface area (Å²) in [6.45, 7) is 1.08. The van der Waals surface area contributed by atoms with E-state index in [4.69, 9.17) is 9.84 Å². The van der Waals surface area contributed by atoms with Crippen LogP contribution in [0.25, 0.3) is 17.0 Å². The quantitative estimate of drug-likeness (QED) is 0.176. The number of carbonyl (C=O) groups excluding carboxylic acids is 1. The molecule has 0 aliphatic heterocycles. The molecular formula is C28H26N2O4. The van der Waals surface area contributed by atoms with Gasteiger partial charge in [0.15, 0.2) is 6.29 Å². The Labute approximate surface area is 198 Å². The maximum Gasteiger partial charge on any atom is 0.303 e. The van der Waals surface area contributed by atoms with Crippen molar-refractivity contribution in [3.8, 4) is 5.75 Å². The van der Waals surface area contributed by atoms with Crippen molar-refractivity contribution in [1.29, 1.82) is 0 Å². The number of allylic oxidation sites excluding steroid dienone is 1. The number of nitrogens with one attached hydrogen (secondary N) is 1. The third kappa shape index (κ3) is 5.92. The molecule has 0 radical (unpaired) electrons. The van der Waals surface area contributed by atoms with Gasteiger partial charge in [-0.3, -0.25) is 9.59 Å². The zero-order chi connectivity index (χ0) is 23.8. The van der Waals surface area contributed by atoms with E-state index in [0.29, 0.717) is 23.6 Å². The van der Waals surface area contributed by atoms with Crippen LogP contribution in [0.5, 0.6) is 5.75 Å². The number of anilines is 1. The third-order valence-corrected chi connectivity index (χ3v) is 5.40. The average molecular weight is 455 g/mol. The Hall–Kier alpha value is -4.32. The first kappa shape index (κ1) is 22.9. The van der Waals surface area contributed by atoms with Gasteiger partial charge in [0.25, 0.3) is 0 Å². The van der Waals surface area contributed by atoms with Crippen LogP contribution < -0.4 is 10.1 Å². The molecule has 4 aromatic rings. The molecule has 2 N–H and O–H groups in total. The highest BCUT2D eigenvalue weighted by Crippen LogP contribution is 2.26. The standard InChI is InChI=1S/C28H26N2O4/c31-20-24(29-25-9-4-5-10-27(25)34-16-6-11-28(32)33)18-22-12-13-26-23(17-22)14-15-30(26)19-21-7-2-1-3-8-21/h1-5,7-10,12-15,17-18,20,29H,6,11,16,19H2,(H,32,33)/b24-18-. The number of para-hydroxylation sites is 2. The number of benzene rings is 3. The number of carboxylic acid groups (broad SMARTS) is 1. The summed E-state index contributed by atoms with van der Waals surface area (Å²) in [5.74, 6) is -0.289. The lowest BCUT2D eigenvalue weighted by atomic mass is 10.1. The highest BCUT2D eigenvalue weighted by molar-refractivity contribution is 5.89. The minimum Gasteiger partial charge on any atom is -0.491 e. The minimum absolute atomic E-state index is 0.0463. The molecule has 1 heterocycles. The van der Waals surface area contributed by atoms with Gasteiger partial charge in [-0.2, -0.15) is 0 Å². The summed E-state index contributed by atoms with van der Waals surface area (Å²) < 4.78 is 7.92. The van der Waals surface area contributed by atoms with Crippen LogP contribution in [0.15, 0.2) is 90.8 Å². The normalized spacial score (nSPS) is 11.4. The number of aliphatic carboxylic acids is 1. The average Bonchev–Trinajstić information content (AvgIpc) is 3.24. The molecule has 1 aromatic heterocycles. The molecule has 0 unspecified atom stereocenters. The van der Waals surface area contributed by atoms with Crippen molar-refractivity contribution in [2.75, 3.05) is 11.9 Å². The molecule has 6 heteroatoms. The monoisotopic (exact) mass is 454 g/mol. The number of nitrogens with zero attached hydrogens (tertiary/aromatic N) is 1. The summed E-state index contributed by atoms with van der Waals surface area (Å²) in [6, 6.07) is 25.8. The molecule has 0 aliphatic carbocycles. The second kappa shape index (κ2) is 11.0. The largest absolute Gasteiger partial charge is 0.491 e. The number of carbonyl (C=O) groups is 2. The lowest BCUT2D eigenvalue weighted by molar-refractivity contribution is -0.137. The van der Waals surface area contributed by atoms with Gasteiger partial charge < -0.3 is 19.7 Å². The van der Waals surface area contributed by atoms with Crippen LogP contribution in [0.3, 0.4) is 0 Å². The van der Waals surface area contributed by atoms with E-state index in [0.717, 1.165) is 29.3 Å². The van der Waals surface area contributed by atoms with Crippen LogP contribution in [0, 0.1) is 0 Å². The van der Waals surface area contributed by atoms with E-state index >= 15 is 0 Å². The molecule has 0 saturated heterocycles. The van der Waals surface area contributed by atoms with Gasteiger partial charge in [0, 0.05) is 30.1 Å². The number of fused-ring (bicyclic) bond motifs is 1. The molecule has 3 aromatic carbocycles. The molecule has 34 heavy (non-hydrogen) atoms. The Morgan fingerprint density at radius 3 is 2.59 bits per heavy atom. The lowest BCUT2D eigenvalue weighted by Gasteiger charge is -2.13. The van der Waals surface area contributed by atoms with Gasteiger partial charge >= 0.3 is 5.97 Å². The topological polar surface area (TPSA) is 80.6 Å². The summed E-state index contributed by atoms with van der Waals surface area (Å²) in [4.78, 5) is 22.5. The smallest absolute Gasteiger partial charge is 0.303 e. The van der Waals surface area contributed by atoms with Crippen molar-refractivity contribution in [1.82, 2.24) is 4.57 Å². The van der Waals surface area contributed by atoms with Gasteiger partial charge in [0.2, 0.25) is 0 Å². The van der Waals surface area contributed by atoms with Gasteiger partial charge in [-0.15, -0.1) is 0 Å². The number of aromatic nitrogens is 1. The van der Waals surface area contributed by atoms with E-state index in [1.807, 2.05) is 42.5 Å². The van der Waals surface area contributed by atoms with E-state index in [-0.39, 0.29) is 13.0 Å². The van der Waals surface area contributed by atoms with Crippen LogP contribution in [0.4, 0.5) is 5.69 Å². The van der Waals surface area contributed by atoms with Gasteiger partial charge in [0.1, 0.15) is 5.75 Å². The number of aldehydes is 1. The number of hydrogen-bond donors (Lipinski definition) is 2. The Morgan fingerprint density at radius 2 is 1.79 bits per heavy atom. The van der Waals surface area contributed by atoms with Gasteiger partial charge in [0.05, 0.1) is 18.0 Å². The second-order valence-electron chi connectivity index (χ2n) is 7.93. The molecular weight excluding hydrogens is 428 g/mol. The highest BCUT2D eigenvalue weighted by atomic mass is 16.5. The third-order valence-electron chi connectivity index (χ3n) is 5.40. The van der Waals surface area contributed by atoms with Crippen LogP contribution >= 0.6 is 0 Å². The lowest BCUT2D eigenvalue weighted by Crippen LogP contribution is -2.06. The highest BCUT2D eigenvalue weighted by Gasteiger charge is 2.07. The van der Waals surface area contributed by atoms with Crippen LogP contribution in [0.2, 0.25) is 0 Å². The van der Waals surface area contributed by atoms with E-state index in [9.17, 15) is 9.59 Å². The Bertz CT molecular complexity index is 1310. The van der Waals surface area contributed by atoms with Crippen LogP contribution in [-0.2, 0) is 16.1 Å². The number of rotatable bonds is 11. The molecule has 0 amide bonds. The molecule has 6 nitrogen and oxygen atoms in total. The zero-order valence-corrected chi connectivity index (χ0v) is 18.7. The summed E-state index contributed by atoms with van der Waals surface area (Å²) in [7, 11) is 0. The first-order valence-corrected chi connectivity index (χ1v) is 11.1. The maximum absolute atomic E-state index is 11.8. The fraction of sp³-hybridized carbons (Fsp3) is 0.143. The van der Waals surface area contributed by atoms with Crippen molar-refractivity contribution in [2.24, 2.45) is 0 Å². The molecule has 0 fully saturated rings. The predicted octanol–water partition coefficient (Wildman–Crippen LogP) is 5.59. The van der Waals surface area contributed by atoms with Crippen LogP contribution in [-0.4, -0.2) is 28.5 Å². The first-order chi connectivity index (χ1) is 16.6. The van der Waals surface area contributed by atoms with E-state index in [1.54, 1.807) is 12.1 Å². The van der Waals surface area contributed by atoms with Crippen LogP contribution in [0.1, 0.15) is 24.0 Å². The van der Waals surface area contributed by atoms with Gasteiger partial charge in [-0.25, -0.2) is 0 Å². The fourth-order valence-corrected chi connectivity index (χ4v) is 3.76. The van der Waals surface area contributed by atoms with Crippen molar-refractivity contribution >= 4 is 34.9 Å². The number of ether oxygens (including phenoxy) is 1. The molecule has 4 rings (SSSR count). The molecule has 0 saturated carbocycles. The Morgan fingerprint density at radius 1 is 1.00 bits per heavy atom. The van der Waals surface area contributed by atoms with E-state index in [2.05, 4.69) is 46.4 Å². The molecule has 0 spiro atoms. The molecule has 0 bridgehead atoms. The summed E-state index contributed by atoms with van der Waals surface area (Å²) in [5, 5.41) is 13.0. The van der Waals surface area contributed by atoms with Gasteiger partial charge in [-0.05, 0) is 54.0 Å². The van der Waals surface area contributed by atoms with Crippen molar-refractivity contribution in [3.05, 3.63) is 102 Å². The maximum atomic E-state index is 11.8. The zero-order valence-electron chi connectivity index (χ0n) is 18.7. The SMILES string of the molecule is O=C/C(=C/c1ccc2c(ccn2Cc2ccccc2)c1)Nc1ccccc1OCCCC(=O)O. The Kier molecular flexibility index (Phi) is 7.40. The minimum atomic E-state index is -0.853. The number of carboxylic acids is 1. The van der Waals surface area contributed by atoms with E-state index in [1.165, 1.54) is 5.56 Å². The Balaban J connectivity index is 1.49. The summed E-state index contributed by atoms with van der Waals surface area (Å²) >= 11 is 0. The van der Waals surface area contributed by atoms with Crippen molar-refractivity contribution in [3.63, 3.8) is 0 Å². The van der Waals surface area contributed by atoms with E-state index < -0.39 is 5.97 Å². The summed E-state index contributed by atoms with van der Waals surface area (Å²) in [5.41, 5.74) is 4.30. The van der Waals surface area contributed by atoms with Gasteiger partial charge in [-0.1, -0.05) is 48.5 Å². The molecule has 172 valence electrons. The predicted molar refractivity (Wildman–Crippen MR) is 134 cm³/mol.